The molecule has 6 heteroatoms. The van der Waals surface area contributed by atoms with E-state index in [1.165, 1.54) is 18.7 Å². The van der Waals surface area contributed by atoms with Gasteiger partial charge in [-0.25, -0.2) is 0 Å². The molecule has 0 bridgehead atoms. The van der Waals surface area contributed by atoms with E-state index in [0.29, 0.717) is 10.8 Å². The van der Waals surface area contributed by atoms with E-state index in [-0.39, 0.29) is 6.42 Å². The summed E-state index contributed by atoms with van der Waals surface area (Å²) in [7, 11) is 0. The summed E-state index contributed by atoms with van der Waals surface area (Å²) in [6.45, 7) is 1.45. The van der Waals surface area contributed by atoms with Crippen LogP contribution in [0.2, 0.25) is 5.02 Å². The molecule has 0 aliphatic heterocycles. The molecule has 2 N–H and O–H groups in total. The Labute approximate surface area is 115 Å². The molecular weight excluding hydrogens is 274 g/mol. The van der Waals surface area contributed by atoms with Crippen LogP contribution in [0.3, 0.4) is 0 Å². The number of primary amides is 1. The lowest BCUT2D eigenvalue weighted by atomic mass is 10.4. The maximum atomic E-state index is 11.3. The zero-order chi connectivity index (χ0) is 13.5. The van der Waals surface area contributed by atoms with Crippen LogP contribution in [0.1, 0.15) is 13.3 Å². The first-order valence-corrected chi connectivity index (χ1v) is 6.72. The molecule has 0 radical (unpaired) electrons. The minimum atomic E-state index is -0.877. The first-order chi connectivity index (χ1) is 8.49. The summed E-state index contributed by atoms with van der Waals surface area (Å²) in [6.07, 6.45) is -0.650. The fraction of sp³-hybridized carbons (Fsp3) is 0.333. The molecule has 0 spiro atoms. The summed E-state index contributed by atoms with van der Waals surface area (Å²) in [4.78, 5) is 23.1. The van der Waals surface area contributed by atoms with Gasteiger partial charge < -0.3 is 10.5 Å². The third-order valence-corrected chi connectivity index (χ3v) is 3.36. The Kier molecular flexibility index (Phi) is 6.01. The van der Waals surface area contributed by atoms with E-state index in [0.717, 1.165) is 4.90 Å². The van der Waals surface area contributed by atoms with Gasteiger partial charge in [-0.3, -0.25) is 9.59 Å². The Morgan fingerprint density at radius 3 is 2.56 bits per heavy atom. The number of nitrogens with two attached hydrogens (primary N) is 1. The maximum Gasteiger partial charge on any atom is 0.307 e. The molecule has 0 saturated carbocycles. The van der Waals surface area contributed by atoms with Crippen LogP contribution in [0.15, 0.2) is 29.2 Å². The number of rotatable bonds is 6. The molecule has 18 heavy (non-hydrogen) atoms. The molecule has 1 rings (SSSR count). The second kappa shape index (κ2) is 7.28. The lowest BCUT2D eigenvalue weighted by molar-refractivity contribution is -0.153. The zero-order valence-electron chi connectivity index (χ0n) is 9.89. The summed E-state index contributed by atoms with van der Waals surface area (Å²) in [5, 5.41) is 0.675. The number of ether oxygens (including phenoxy) is 1. The van der Waals surface area contributed by atoms with Crippen molar-refractivity contribution < 1.29 is 14.3 Å². The van der Waals surface area contributed by atoms with Crippen molar-refractivity contribution >= 4 is 35.2 Å². The van der Waals surface area contributed by atoms with Gasteiger partial charge in [0.1, 0.15) is 0 Å². The van der Waals surface area contributed by atoms with Crippen molar-refractivity contribution in [2.45, 2.75) is 24.3 Å². The zero-order valence-corrected chi connectivity index (χ0v) is 11.5. The molecule has 1 aromatic carbocycles. The van der Waals surface area contributed by atoms with Gasteiger partial charge in [0.05, 0.1) is 6.42 Å². The third-order valence-electron chi connectivity index (χ3n) is 2.10. The molecule has 98 valence electrons. The van der Waals surface area contributed by atoms with Crippen LogP contribution in [0.25, 0.3) is 0 Å². The van der Waals surface area contributed by atoms with E-state index in [9.17, 15) is 9.59 Å². The molecule has 0 fully saturated rings. The van der Waals surface area contributed by atoms with Crippen LogP contribution in [-0.4, -0.2) is 23.7 Å². The van der Waals surface area contributed by atoms with Crippen molar-refractivity contribution in [3.63, 3.8) is 0 Å². The van der Waals surface area contributed by atoms with Gasteiger partial charge in [0, 0.05) is 15.7 Å². The smallest absolute Gasteiger partial charge is 0.307 e. The van der Waals surface area contributed by atoms with Gasteiger partial charge >= 0.3 is 5.97 Å². The van der Waals surface area contributed by atoms with Crippen molar-refractivity contribution in [2.75, 3.05) is 5.75 Å². The average molecular weight is 288 g/mol. The predicted molar refractivity (Wildman–Crippen MR) is 71.5 cm³/mol. The standard InChI is InChI=1S/C12H14ClNO3S/c1-8(12(14)16)17-11(15)6-7-18-10-4-2-9(13)3-5-10/h2-5,8H,6-7H2,1H3,(H2,14,16)/t8-/m1/s1. The SMILES string of the molecule is C[C@@H](OC(=O)CCSc1ccc(Cl)cc1)C(N)=O. The molecule has 0 aliphatic rings. The average Bonchev–Trinajstić information content (AvgIpc) is 2.31. The Morgan fingerprint density at radius 1 is 1.39 bits per heavy atom. The van der Waals surface area contributed by atoms with Gasteiger partial charge in [-0.1, -0.05) is 11.6 Å². The normalized spacial score (nSPS) is 11.9. The maximum absolute atomic E-state index is 11.3. The van der Waals surface area contributed by atoms with Gasteiger partial charge in [0.15, 0.2) is 6.10 Å². The first-order valence-electron chi connectivity index (χ1n) is 5.36. The number of amides is 1. The highest BCUT2D eigenvalue weighted by atomic mass is 35.5. The lowest BCUT2D eigenvalue weighted by Gasteiger charge is -2.09. The lowest BCUT2D eigenvalue weighted by Crippen LogP contribution is -2.30. The Morgan fingerprint density at radius 2 is 2.00 bits per heavy atom. The number of esters is 1. The second-order valence-electron chi connectivity index (χ2n) is 3.59. The number of halogens is 1. The van der Waals surface area contributed by atoms with Crippen molar-refractivity contribution in [1.29, 1.82) is 0 Å². The third kappa shape index (κ3) is 5.42. The minimum Gasteiger partial charge on any atom is -0.453 e. The molecular formula is C12H14ClNO3S. The number of carbonyl (C=O) groups excluding carboxylic acids is 2. The molecule has 4 nitrogen and oxygen atoms in total. The predicted octanol–water partition coefficient (Wildman–Crippen LogP) is 2.24. The Bertz CT molecular complexity index is 422. The van der Waals surface area contributed by atoms with Gasteiger partial charge in [0.2, 0.25) is 0 Å². The quantitative estimate of drug-likeness (QED) is 0.643. The van der Waals surface area contributed by atoms with Crippen LogP contribution in [0.5, 0.6) is 0 Å². The molecule has 1 atom stereocenters. The number of hydrogen-bond donors (Lipinski definition) is 1. The fourth-order valence-electron chi connectivity index (χ4n) is 1.10. The van der Waals surface area contributed by atoms with Crippen molar-refractivity contribution in [3.05, 3.63) is 29.3 Å². The Balaban J connectivity index is 2.27. The molecule has 0 saturated heterocycles. The van der Waals surface area contributed by atoms with Crippen LogP contribution in [0.4, 0.5) is 0 Å². The van der Waals surface area contributed by atoms with Gasteiger partial charge in [0.25, 0.3) is 5.91 Å². The molecule has 1 aromatic rings. The van der Waals surface area contributed by atoms with Crippen LogP contribution in [0, 0.1) is 0 Å². The van der Waals surface area contributed by atoms with Crippen LogP contribution in [-0.2, 0) is 14.3 Å². The van der Waals surface area contributed by atoms with Gasteiger partial charge in [-0.05, 0) is 31.2 Å². The number of hydrogen-bond acceptors (Lipinski definition) is 4. The number of thioether (sulfide) groups is 1. The van der Waals surface area contributed by atoms with E-state index >= 15 is 0 Å². The van der Waals surface area contributed by atoms with E-state index in [1.807, 2.05) is 12.1 Å². The van der Waals surface area contributed by atoms with E-state index in [2.05, 4.69) is 0 Å². The highest BCUT2D eigenvalue weighted by Crippen LogP contribution is 2.21. The molecule has 1 amide bonds. The number of benzene rings is 1. The van der Waals surface area contributed by atoms with Crippen molar-refractivity contribution in [1.82, 2.24) is 0 Å². The van der Waals surface area contributed by atoms with E-state index in [4.69, 9.17) is 22.1 Å². The Hall–Kier alpha value is -1.20. The largest absolute Gasteiger partial charge is 0.453 e. The fourth-order valence-corrected chi connectivity index (χ4v) is 2.06. The number of carbonyl (C=O) groups is 2. The van der Waals surface area contributed by atoms with Gasteiger partial charge in [-0.2, -0.15) is 0 Å². The second-order valence-corrected chi connectivity index (χ2v) is 5.19. The molecule has 0 unspecified atom stereocenters. The van der Waals surface area contributed by atoms with Gasteiger partial charge in [-0.15, -0.1) is 11.8 Å². The van der Waals surface area contributed by atoms with Crippen molar-refractivity contribution in [2.24, 2.45) is 5.73 Å². The molecule has 0 aliphatic carbocycles. The van der Waals surface area contributed by atoms with Crippen LogP contribution >= 0.6 is 23.4 Å². The summed E-state index contributed by atoms with van der Waals surface area (Å²) in [5.41, 5.74) is 4.98. The topological polar surface area (TPSA) is 69.4 Å². The van der Waals surface area contributed by atoms with E-state index < -0.39 is 18.0 Å². The summed E-state index contributed by atoms with van der Waals surface area (Å²) < 4.78 is 4.82. The van der Waals surface area contributed by atoms with E-state index in [1.54, 1.807) is 12.1 Å². The first kappa shape index (κ1) is 14.9. The highest BCUT2D eigenvalue weighted by Gasteiger charge is 2.13. The molecule has 0 heterocycles. The summed E-state index contributed by atoms with van der Waals surface area (Å²) in [5.74, 6) is -0.497. The monoisotopic (exact) mass is 287 g/mol. The highest BCUT2D eigenvalue weighted by molar-refractivity contribution is 7.99. The summed E-state index contributed by atoms with van der Waals surface area (Å²) >= 11 is 7.27. The van der Waals surface area contributed by atoms with Crippen LogP contribution < -0.4 is 5.73 Å². The summed E-state index contributed by atoms with van der Waals surface area (Å²) in [6, 6.07) is 7.34. The molecule has 0 aromatic heterocycles. The van der Waals surface area contributed by atoms with Crippen molar-refractivity contribution in [3.8, 4) is 0 Å². The minimum absolute atomic E-state index is 0.227.